The Hall–Kier alpha value is -8.98. The van der Waals surface area contributed by atoms with E-state index < -0.39 is 5.41 Å². The zero-order valence-electron chi connectivity index (χ0n) is 37.5. The van der Waals surface area contributed by atoms with Crippen molar-refractivity contribution < 1.29 is 4.42 Å². The van der Waals surface area contributed by atoms with E-state index >= 15 is 0 Å². The highest BCUT2D eigenvalue weighted by molar-refractivity contribution is 6.26. The minimum atomic E-state index is -0.435. The fraction of sp³-hybridized carbons (Fsp3) is 0.0149. The Kier molecular flexibility index (Phi) is 8.02. The van der Waals surface area contributed by atoms with Gasteiger partial charge in [-0.05, 0) is 154 Å². The van der Waals surface area contributed by atoms with Gasteiger partial charge in [-0.3, -0.25) is 0 Å². The van der Waals surface area contributed by atoms with Crippen LogP contribution in [0, 0.1) is 0 Å². The number of nitrogens with zero attached hydrogens (tertiary/aromatic N) is 1. The van der Waals surface area contributed by atoms with Crippen LogP contribution in [0.3, 0.4) is 0 Å². The van der Waals surface area contributed by atoms with Gasteiger partial charge in [0, 0.05) is 27.8 Å². The monoisotopic (exact) mass is 875 g/mol. The number of anilines is 3. The third-order valence-corrected chi connectivity index (χ3v) is 15.3. The van der Waals surface area contributed by atoms with Crippen LogP contribution in [0.1, 0.15) is 22.3 Å². The first-order valence-corrected chi connectivity index (χ1v) is 23.9. The summed E-state index contributed by atoms with van der Waals surface area (Å²) in [7, 11) is 0. The van der Waals surface area contributed by atoms with Crippen LogP contribution in [-0.4, -0.2) is 0 Å². The molecule has 1 aromatic heterocycles. The van der Waals surface area contributed by atoms with E-state index in [1.807, 2.05) is 12.1 Å². The van der Waals surface area contributed by atoms with E-state index in [2.05, 4.69) is 241 Å². The average Bonchev–Trinajstić information content (AvgIpc) is 4.05. The van der Waals surface area contributed by atoms with E-state index in [1.165, 1.54) is 88.0 Å². The minimum Gasteiger partial charge on any atom is -0.456 e. The summed E-state index contributed by atoms with van der Waals surface area (Å²) in [5.41, 5.74) is 20.1. The molecule has 0 amide bonds. The van der Waals surface area contributed by atoms with Gasteiger partial charge in [0.05, 0.1) is 5.41 Å². The number of para-hydroxylation sites is 1. The van der Waals surface area contributed by atoms with Gasteiger partial charge in [0.2, 0.25) is 0 Å². The van der Waals surface area contributed by atoms with E-state index in [0.717, 1.165) is 50.1 Å². The van der Waals surface area contributed by atoms with Crippen molar-refractivity contribution in [1.82, 2.24) is 0 Å². The van der Waals surface area contributed by atoms with Crippen molar-refractivity contribution in [3.05, 3.63) is 271 Å². The van der Waals surface area contributed by atoms with Gasteiger partial charge in [0.15, 0.2) is 0 Å². The number of hydrogen-bond donors (Lipinski definition) is 0. The highest BCUT2D eigenvalue weighted by atomic mass is 16.3. The number of fused-ring (bicyclic) bond motifs is 19. The first-order chi connectivity index (χ1) is 34.2. The molecule has 1 spiro atoms. The lowest BCUT2D eigenvalue weighted by Crippen LogP contribution is -2.26. The Morgan fingerprint density at radius 3 is 1.32 bits per heavy atom. The third-order valence-electron chi connectivity index (χ3n) is 15.3. The van der Waals surface area contributed by atoms with Crippen molar-refractivity contribution in [1.29, 1.82) is 0 Å². The van der Waals surface area contributed by atoms with Crippen LogP contribution >= 0.6 is 0 Å². The van der Waals surface area contributed by atoms with Crippen molar-refractivity contribution in [3.63, 3.8) is 0 Å². The fourth-order valence-electron chi connectivity index (χ4n) is 12.4. The zero-order valence-corrected chi connectivity index (χ0v) is 37.5. The smallest absolute Gasteiger partial charge is 0.135 e. The zero-order chi connectivity index (χ0) is 45.2. The maximum atomic E-state index is 6.19. The Morgan fingerprint density at radius 1 is 0.261 bits per heavy atom. The van der Waals surface area contributed by atoms with E-state index in [0.29, 0.717) is 0 Å². The lowest BCUT2D eigenvalue weighted by atomic mass is 9.68. The summed E-state index contributed by atoms with van der Waals surface area (Å²) in [6, 6.07) is 91.9. The van der Waals surface area contributed by atoms with Crippen LogP contribution in [0.2, 0.25) is 0 Å². The standard InChI is InChI=1S/C67H41NO/c1-2-16-51-49(14-1)50-15-3-4-17-52(50)59-41-47(37-38-53(51)59)68(45-33-28-42(29-34-45)44-32-39-65-60(40-44)57-21-8-12-27-64(57)69-65)46-35-30-43(31-36-46)48-22-13-23-58-56-20-7-11-26-63(56)67(66(48)58)61-24-9-5-18-54(61)55-19-6-10-25-62(55)67/h1-41H. The molecule has 0 aliphatic heterocycles. The molecule has 320 valence electrons. The normalized spacial score (nSPS) is 13.0. The van der Waals surface area contributed by atoms with Crippen LogP contribution in [0.5, 0.6) is 0 Å². The van der Waals surface area contributed by atoms with Crippen LogP contribution in [-0.2, 0) is 5.41 Å². The van der Waals surface area contributed by atoms with Crippen LogP contribution < -0.4 is 4.90 Å². The maximum Gasteiger partial charge on any atom is 0.135 e. The van der Waals surface area contributed by atoms with Gasteiger partial charge >= 0.3 is 0 Å². The van der Waals surface area contributed by atoms with Gasteiger partial charge in [-0.15, -0.1) is 0 Å². The molecule has 0 bridgehead atoms. The number of furan rings is 1. The average molecular weight is 876 g/mol. The predicted molar refractivity (Wildman–Crippen MR) is 288 cm³/mol. The summed E-state index contributed by atoms with van der Waals surface area (Å²) in [6.45, 7) is 0. The van der Waals surface area contributed by atoms with E-state index in [9.17, 15) is 0 Å². The molecule has 0 saturated heterocycles. The lowest BCUT2D eigenvalue weighted by molar-refractivity contribution is 0.669. The molecule has 0 fully saturated rings. The molecule has 0 saturated carbocycles. The molecule has 2 heteroatoms. The predicted octanol–water partition coefficient (Wildman–Crippen LogP) is 18.2. The molecule has 0 unspecified atom stereocenters. The lowest BCUT2D eigenvalue weighted by Gasteiger charge is -2.32. The first-order valence-electron chi connectivity index (χ1n) is 23.9. The summed E-state index contributed by atoms with van der Waals surface area (Å²) in [5, 5.41) is 9.82. The molecule has 0 atom stereocenters. The Bertz CT molecular complexity index is 4150. The molecular weight excluding hydrogens is 835 g/mol. The molecule has 0 radical (unpaired) electrons. The summed E-state index contributed by atoms with van der Waals surface area (Å²) >= 11 is 0. The second-order valence-corrected chi connectivity index (χ2v) is 18.7. The SMILES string of the molecule is c1ccc2c(c1)-c1ccccc1C21c2ccccc2-c2cccc(-c3ccc(N(c4ccc(-c5ccc6oc7ccccc7c6c5)cc4)c4ccc5c6ccccc6c6ccccc6c5c4)cc3)c21. The van der Waals surface area contributed by atoms with Gasteiger partial charge in [-0.2, -0.15) is 0 Å². The largest absolute Gasteiger partial charge is 0.456 e. The van der Waals surface area contributed by atoms with Gasteiger partial charge in [0.1, 0.15) is 11.2 Å². The second-order valence-electron chi connectivity index (χ2n) is 18.7. The van der Waals surface area contributed by atoms with Crippen LogP contribution in [0.25, 0.3) is 98.8 Å². The molecule has 69 heavy (non-hydrogen) atoms. The van der Waals surface area contributed by atoms with Gasteiger partial charge in [-0.25, -0.2) is 0 Å². The molecule has 2 aliphatic rings. The number of benzene rings is 12. The van der Waals surface area contributed by atoms with Gasteiger partial charge in [-0.1, -0.05) is 194 Å². The molecule has 0 N–H and O–H groups in total. The Balaban J connectivity index is 0.902. The Morgan fingerprint density at radius 2 is 0.696 bits per heavy atom. The van der Waals surface area contributed by atoms with Crippen molar-refractivity contribution >= 4 is 71.3 Å². The van der Waals surface area contributed by atoms with Crippen LogP contribution in [0.4, 0.5) is 17.1 Å². The molecule has 15 rings (SSSR count). The second kappa shape index (κ2) is 14.5. The Labute approximate surface area is 399 Å². The third kappa shape index (κ3) is 5.37. The summed E-state index contributed by atoms with van der Waals surface area (Å²) in [5.74, 6) is 0. The molecule has 2 aliphatic carbocycles. The molecule has 1 heterocycles. The van der Waals surface area contributed by atoms with Gasteiger partial charge < -0.3 is 9.32 Å². The summed E-state index contributed by atoms with van der Waals surface area (Å²) in [6.07, 6.45) is 0. The van der Waals surface area contributed by atoms with E-state index in [-0.39, 0.29) is 0 Å². The summed E-state index contributed by atoms with van der Waals surface area (Å²) < 4.78 is 6.19. The molecule has 2 nitrogen and oxygen atoms in total. The molecule has 13 aromatic rings. The number of rotatable bonds is 5. The number of hydrogen-bond acceptors (Lipinski definition) is 2. The topological polar surface area (TPSA) is 16.4 Å². The highest BCUT2D eigenvalue weighted by Crippen LogP contribution is 2.64. The van der Waals surface area contributed by atoms with Crippen molar-refractivity contribution in [2.24, 2.45) is 0 Å². The highest BCUT2D eigenvalue weighted by Gasteiger charge is 2.52. The van der Waals surface area contributed by atoms with Crippen LogP contribution in [0.15, 0.2) is 253 Å². The fourth-order valence-corrected chi connectivity index (χ4v) is 12.4. The molecular formula is C67H41NO. The van der Waals surface area contributed by atoms with E-state index in [1.54, 1.807) is 0 Å². The summed E-state index contributed by atoms with van der Waals surface area (Å²) in [4.78, 5) is 2.42. The quantitative estimate of drug-likeness (QED) is 0.160. The van der Waals surface area contributed by atoms with E-state index in [4.69, 9.17) is 4.42 Å². The van der Waals surface area contributed by atoms with Gasteiger partial charge in [0.25, 0.3) is 0 Å². The van der Waals surface area contributed by atoms with Crippen molar-refractivity contribution in [2.45, 2.75) is 5.41 Å². The van der Waals surface area contributed by atoms with Crippen molar-refractivity contribution in [3.8, 4) is 44.5 Å². The first kappa shape index (κ1) is 38.2. The molecule has 12 aromatic carbocycles. The minimum absolute atomic E-state index is 0.435. The maximum absolute atomic E-state index is 6.19. The van der Waals surface area contributed by atoms with Crippen molar-refractivity contribution in [2.75, 3.05) is 4.90 Å².